The van der Waals surface area contributed by atoms with Crippen LogP contribution in [0.3, 0.4) is 0 Å². The van der Waals surface area contributed by atoms with Gasteiger partial charge in [0.15, 0.2) is 0 Å². The predicted molar refractivity (Wildman–Crippen MR) is 81.0 cm³/mol. The van der Waals surface area contributed by atoms with Crippen LogP contribution in [0, 0.1) is 11.8 Å². The number of nitrogens with one attached hydrogen (secondary N) is 2. The van der Waals surface area contributed by atoms with E-state index in [2.05, 4.69) is 15.7 Å². The fourth-order valence-electron chi connectivity index (χ4n) is 2.67. The molecule has 6 heteroatoms. The Kier molecular flexibility index (Phi) is 5.43. The van der Waals surface area contributed by atoms with Crippen LogP contribution in [-0.4, -0.2) is 28.8 Å². The van der Waals surface area contributed by atoms with Crippen LogP contribution in [0.15, 0.2) is 12.3 Å². The minimum Gasteiger partial charge on any atom is -0.317 e. The standard InChI is InChI=1S/C14H22N4O.ClH/c19-14(9-11-3-6-15-7-4-11)17-13-5-8-16-18(13)10-12-1-2-12;/h5,8,11-12,15H,1-4,6-7,9-10H2,(H,17,19);1H. The number of rotatable bonds is 5. The molecule has 0 radical (unpaired) electrons. The van der Waals surface area contributed by atoms with E-state index in [1.807, 2.05) is 10.7 Å². The molecule has 0 atom stereocenters. The second-order valence-electron chi connectivity index (χ2n) is 5.79. The molecule has 1 saturated heterocycles. The number of carbonyl (C=O) groups is 1. The summed E-state index contributed by atoms with van der Waals surface area (Å²) in [5.74, 6) is 2.27. The van der Waals surface area contributed by atoms with E-state index in [1.54, 1.807) is 6.20 Å². The largest absolute Gasteiger partial charge is 0.317 e. The number of aromatic nitrogens is 2. The number of halogens is 1. The number of anilines is 1. The van der Waals surface area contributed by atoms with Crippen LogP contribution in [0.1, 0.15) is 32.1 Å². The Bertz CT molecular complexity index is 438. The van der Waals surface area contributed by atoms with Crippen LogP contribution in [0.25, 0.3) is 0 Å². The number of nitrogens with zero attached hydrogens (tertiary/aromatic N) is 2. The third-order valence-corrected chi connectivity index (χ3v) is 4.04. The summed E-state index contributed by atoms with van der Waals surface area (Å²) in [5.41, 5.74) is 0. The summed E-state index contributed by atoms with van der Waals surface area (Å²) in [4.78, 5) is 12.1. The van der Waals surface area contributed by atoms with E-state index < -0.39 is 0 Å². The van der Waals surface area contributed by atoms with E-state index in [4.69, 9.17) is 0 Å². The normalized spacial score (nSPS) is 19.4. The van der Waals surface area contributed by atoms with E-state index >= 15 is 0 Å². The molecule has 2 aliphatic rings. The van der Waals surface area contributed by atoms with E-state index in [9.17, 15) is 4.79 Å². The second-order valence-corrected chi connectivity index (χ2v) is 5.79. The summed E-state index contributed by atoms with van der Waals surface area (Å²) in [6.07, 6.45) is 7.20. The molecule has 0 spiro atoms. The zero-order chi connectivity index (χ0) is 13.1. The maximum absolute atomic E-state index is 12.1. The lowest BCUT2D eigenvalue weighted by Gasteiger charge is -2.22. The Morgan fingerprint density at radius 1 is 1.30 bits per heavy atom. The van der Waals surface area contributed by atoms with E-state index in [-0.39, 0.29) is 18.3 Å². The van der Waals surface area contributed by atoms with Gasteiger partial charge in [0.25, 0.3) is 0 Å². The van der Waals surface area contributed by atoms with Crippen LogP contribution in [0.2, 0.25) is 0 Å². The quantitative estimate of drug-likeness (QED) is 0.874. The van der Waals surface area contributed by atoms with Gasteiger partial charge in [-0.25, -0.2) is 4.68 Å². The molecule has 0 unspecified atom stereocenters. The van der Waals surface area contributed by atoms with Crippen molar-refractivity contribution in [1.29, 1.82) is 0 Å². The van der Waals surface area contributed by atoms with Gasteiger partial charge >= 0.3 is 0 Å². The maximum atomic E-state index is 12.1. The molecule has 5 nitrogen and oxygen atoms in total. The smallest absolute Gasteiger partial charge is 0.225 e. The molecular formula is C14H23ClN4O. The fourth-order valence-corrected chi connectivity index (χ4v) is 2.67. The SMILES string of the molecule is Cl.O=C(CC1CCNCC1)Nc1ccnn1CC1CC1. The minimum absolute atomic E-state index is 0. The third-order valence-electron chi connectivity index (χ3n) is 4.04. The number of hydrogen-bond donors (Lipinski definition) is 2. The van der Waals surface area contributed by atoms with Crippen molar-refractivity contribution in [1.82, 2.24) is 15.1 Å². The Labute approximate surface area is 125 Å². The van der Waals surface area contributed by atoms with Crippen molar-refractivity contribution in [2.75, 3.05) is 18.4 Å². The van der Waals surface area contributed by atoms with Crippen molar-refractivity contribution in [3.8, 4) is 0 Å². The van der Waals surface area contributed by atoms with Gasteiger partial charge in [-0.15, -0.1) is 12.4 Å². The van der Waals surface area contributed by atoms with Gasteiger partial charge in [0.05, 0.1) is 6.20 Å². The summed E-state index contributed by atoms with van der Waals surface area (Å²) in [6, 6.07) is 1.89. The molecule has 1 aliphatic carbocycles. The lowest BCUT2D eigenvalue weighted by atomic mass is 9.94. The number of carbonyl (C=O) groups excluding carboxylic acids is 1. The third kappa shape index (κ3) is 4.21. The zero-order valence-corrected chi connectivity index (χ0v) is 12.5. The van der Waals surface area contributed by atoms with Crippen molar-refractivity contribution >= 4 is 24.1 Å². The molecule has 1 aromatic heterocycles. The van der Waals surface area contributed by atoms with E-state index in [0.717, 1.165) is 44.2 Å². The first kappa shape index (κ1) is 15.3. The highest BCUT2D eigenvalue weighted by molar-refractivity contribution is 5.89. The second kappa shape index (κ2) is 7.09. The molecule has 1 amide bonds. The highest BCUT2D eigenvalue weighted by Crippen LogP contribution is 2.31. The minimum atomic E-state index is 0. The van der Waals surface area contributed by atoms with Crippen molar-refractivity contribution in [2.24, 2.45) is 11.8 Å². The Balaban J connectivity index is 0.00000147. The molecule has 3 rings (SSSR count). The highest BCUT2D eigenvalue weighted by Gasteiger charge is 2.23. The van der Waals surface area contributed by atoms with Gasteiger partial charge < -0.3 is 10.6 Å². The summed E-state index contributed by atoms with van der Waals surface area (Å²) < 4.78 is 1.93. The average Bonchev–Trinajstić information content (AvgIpc) is 3.12. The van der Waals surface area contributed by atoms with E-state index in [0.29, 0.717) is 12.3 Å². The summed E-state index contributed by atoms with van der Waals surface area (Å²) in [6.45, 7) is 3.02. The van der Waals surface area contributed by atoms with Crippen molar-refractivity contribution < 1.29 is 4.79 Å². The first-order valence-corrected chi connectivity index (χ1v) is 7.33. The van der Waals surface area contributed by atoms with Crippen LogP contribution >= 0.6 is 12.4 Å². The zero-order valence-electron chi connectivity index (χ0n) is 11.7. The topological polar surface area (TPSA) is 59.0 Å². The van der Waals surface area contributed by atoms with Gasteiger partial charge in [0, 0.05) is 19.0 Å². The van der Waals surface area contributed by atoms with Gasteiger partial charge in [-0.3, -0.25) is 4.79 Å². The Morgan fingerprint density at radius 3 is 2.75 bits per heavy atom. The highest BCUT2D eigenvalue weighted by atomic mass is 35.5. The average molecular weight is 299 g/mol. The molecule has 0 bridgehead atoms. The van der Waals surface area contributed by atoms with Gasteiger partial charge in [-0.05, 0) is 50.6 Å². The summed E-state index contributed by atoms with van der Waals surface area (Å²) in [5, 5.41) is 10.6. The van der Waals surface area contributed by atoms with Crippen LogP contribution < -0.4 is 10.6 Å². The van der Waals surface area contributed by atoms with Crippen LogP contribution in [0.5, 0.6) is 0 Å². The summed E-state index contributed by atoms with van der Waals surface area (Å²) in [7, 11) is 0. The molecule has 1 saturated carbocycles. The van der Waals surface area contributed by atoms with Crippen LogP contribution in [-0.2, 0) is 11.3 Å². The maximum Gasteiger partial charge on any atom is 0.225 e. The Morgan fingerprint density at radius 2 is 2.05 bits per heavy atom. The van der Waals surface area contributed by atoms with Gasteiger partial charge in [0.1, 0.15) is 5.82 Å². The Hall–Kier alpha value is -1.07. The number of amides is 1. The predicted octanol–water partition coefficient (Wildman–Crippen LogP) is 2.04. The first-order valence-electron chi connectivity index (χ1n) is 7.33. The lowest BCUT2D eigenvalue weighted by Crippen LogP contribution is -2.30. The number of piperidine rings is 1. The van der Waals surface area contributed by atoms with Crippen molar-refractivity contribution in [3.05, 3.63) is 12.3 Å². The van der Waals surface area contributed by atoms with Crippen molar-refractivity contribution in [2.45, 2.75) is 38.6 Å². The molecule has 2 N–H and O–H groups in total. The van der Waals surface area contributed by atoms with Crippen molar-refractivity contribution in [3.63, 3.8) is 0 Å². The molecule has 2 fully saturated rings. The van der Waals surface area contributed by atoms with E-state index in [1.165, 1.54) is 12.8 Å². The molecule has 0 aromatic carbocycles. The number of hydrogen-bond acceptors (Lipinski definition) is 3. The first-order chi connectivity index (χ1) is 9.31. The lowest BCUT2D eigenvalue weighted by molar-refractivity contribution is -0.117. The van der Waals surface area contributed by atoms with Gasteiger partial charge in [0.2, 0.25) is 5.91 Å². The fraction of sp³-hybridized carbons (Fsp3) is 0.714. The molecule has 20 heavy (non-hydrogen) atoms. The molecule has 1 aromatic rings. The molecule has 1 aliphatic heterocycles. The molecule has 112 valence electrons. The van der Waals surface area contributed by atoms with Gasteiger partial charge in [-0.1, -0.05) is 0 Å². The van der Waals surface area contributed by atoms with Crippen LogP contribution in [0.4, 0.5) is 5.82 Å². The summed E-state index contributed by atoms with van der Waals surface area (Å²) >= 11 is 0. The monoisotopic (exact) mass is 298 g/mol. The van der Waals surface area contributed by atoms with Gasteiger partial charge in [-0.2, -0.15) is 5.10 Å². The molecule has 2 heterocycles. The molecular weight excluding hydrogens is 276 g/mol.